The second-order valence-electron chi connectivity index (χ2n) is 5.95. The monoisotopic (exact) mass is 356 g/mol. The Labute approximate surface area is 153 Å². The van der Waals surface area contributed by atoms with Gasteiger partial charge in [0.1, 0.15) is 17.4 Å². The third kappa shape index (κ3) is 4.32. The first-order chi connectivity index (χ1) is 11.9. The van der Waals surface area contributed by atoms with Gasteiger partial charge in [-0.1, -0.05) is 18.5 Å². The summed E-state index contributed by atoms with van der Waals surface area (Å²) in [6, 6.07) is 8.89. The Hall–Kier alpha value is -2.51. The lowest BCUT2D eigenvalue weighted by molar-refractivity contribution is -0.129. The molecule has 0 fully saturated rings. The van der Waals surface area contributed by atoms with Gasteiger partial charge in [0.15, 0.2) is 0 Å². The molecule has 0 N–H and O–H groups in total. The number of carbonyl (C=O) groups is 1. The van der Waals surface area contributed by atoms with Crippen LogP contribution < -0.4 is 4.74 Å². The molecule has 0 radical (unpaired) electrons. The largest absolute Gasteiger partial charge is 0.422 e. The van der Waals surface area contributed by atoms with E-state index in [0.29, 0.717) is 10.8 Å². The quantitative estimate of drug-likeness (QED) is 0.328. The fourth-order valence-corrected chi connectivity index (χ4v) is 2.94. The highest BCUT2D eigenvalue weighted by molar-refractivity contribution is 6.30. The first-order valence-electron chi connectivity index (χ1n) is 8.14. The van der Waals surface area contributed by atoms with Crippen molar-refractivity contribution in [3.8, 4) is 11.8 Å². The van der Waals surface area contributed by atoms with E-state index in [1.54, 1.807) is 31.2 Å². The Balaban J connectivity index is 2.30. The molecule has 1 aromatic heterocycles. The van der Waals surface area contributed by atoms with E-state index < -0.39 is 5.97 Å². The van der Waals surface area contributed by atoms with Crippen LogP contribution in [0.25, 0.3) is 6.08 Å². The molecule has 25 heavy (non-hydrogen) atoms. The molecule has 5 heteroatoms. The fraction of sp³-hybridized carbons (Fsp3) is 0.300. The summed E-state index contributed by atoms with van der Waals surface area (Å²) in [5.74, 6) is -0.278. The van der Waals surface area contributed by atoms with Gasteiger partial charge in [-0.25, -0.2) is 4.79 Å². The van der Waals surface area contributed by atoms with Crippen LogP contribution in [0.3, 0.4) is 0 Å². The van der Waals surface area contributed by atoms with Crippen molar-refractivity contribution in [2.24, 2.45) is 0 Å². The van der Waals surface area contributed by atoms with E-state index in [1.165, 1.54) is 0 Å². The topological polar surface area (TPSA) is 55.0 Å². The van der Waals surface area contributed by atoms with E-state index in [9.17, 15) is 10.1 Å². The van der Waals surface area contributed by atoms with E-state index in [2.05, 4.69) is 11.5 Å². The maximum Gasteiger partial charge on any atom is 0.354 e. The Morgan fingerprint density at radius 2 is 2.04 bits per heavy atom. The van der Waals surface area contributed by atoms with Crippen LogP contribution in [0.15, 0.2) is 29.8 Å². The predicted molar refractivity (Wildman–Crippen MR) is 99.6 cm³/mol. The van der Waals surface area contributed by atoms with Gasteiger partial charge in [0.05, 0.1) is 0 Å². The third-order valence-electron chi connectivity index (χ3n) is 4.04. The van der Waals surface area contributed by atoms with E-state index in [0.717, 1.165) is 35.5 Å². The molecule has 0 aliphatic rings. The number of benzene rings is 1. The molecule has 4 nitrogen and oxygen atoms in total. The normalized spacial score (nSPS) is 11.3. The molecular weight excluding hydrogens is 336 g/mol. The van der Waals surface area contributed by atoms with Crippen molar-refractivity contribution in [1.82, 2.24) is 4.57 Å². The molecule has 0 aliphatic heterocycles. The summed E-state index contributed by atoms with van der Waals surface area (Å²) in [5, 5.41) is 9.94. The summed E-state index contributed by atoms with van der Waals surface area (Å²) in [7, 11) is 0. The number of nitrogens with zero attached hydrogens (tertiary/aromatic N) is 2. The summed E-state index contributed by atoms with van der Waals surface area (Å²) in [5.41, 5.74) is 3.69. The minimum atomic E-state index is -0.673. The number of nitriles is 1. The minimum Gasteiger partial charge on any atom is -0.422 e. The molecule has 2 aromatic rings. The zero-order valence-corrected chi connectivity index (χ0v) is 15.6. The second-order valence-corrected chi connectivity index (χ2v) is 6.38. The predicted octanol–water partition coefficient (Wildman–Crippen LogP) is 4.99. The molecule has 0 aliphatic carbocycles. The highest BCUT2D eigenvalue weighted by Crippen LogP contribution is 2.24. The van der Waals surface area contributed by atoms with Crippen LogP contribution in [0.2, 0.25) is 5.02 Å². The van der Waals surface area contributed by atoms with Crippen LogP contribution in [0.1, 0.15) is 35.9 Å². The Morgan fingerprint density at radius 1 is 1.32 bits per heavy atom. The number of hydrogen-bond donors (Lipinski definition) is 0. The van der Waals surface area contributed by atoms with Crippen molar-refractivity contribution in [2.75, 3.05) is 0 Å². The summed E-state index contributed by atoms with van der Waals surface area (Å²) < 4.78 is 7.53. The smallest absolute Gasteiger partial charge is 0.354 e. The number of aromatic nitrogens is 1. The van der Waals surface area contributed by atoms with E-state index in [1.807, 2.05) is 26.0 Å². The van der Waals surface area contributed by atoms with Gasteiger partial charge in [0.25, 0.3) is 0 Å². The van der Waals surface area contributed by atoms with Crippen molar-refractivity contribution in [3.05, 3.63) is 57.4 Å². The van der Waals surface area contributed by atoms with Crippen LogP contribution in [0, 0.1) is 32.1 Å². The van der Waals surface area contributed by atoms with Gasteiger partial charge in [-0.15, -0.1) is 0 Å². The lowest BCUT2D eigenvalue weighted by Crippen LogP contribution is -2.11. The van der Waals surface area contributed by atoms with Gasteiger partial charge >= 0.3 is 5.97 Å². The number of aryl methyl sites for hydroxylation is 2. The molecule has 2 rings (SSSR count). The van der Waals surface area contributed by atoms with Gasteiger partial charge < -0.3 is 9.30 Å². The SMILES string of the molecule is CCCn1c(C)cc(C=C(C#N)C(=O)Oc2ccc(Cl)cc2C)c1C. The van der Waals surface area contributed by atoms with Crippen molar-refractivity contribution >= 4 is 23.6 Å². The number of ether oxygens (including phenoxy) is 1. The molecule has 1 aromatic carbocycles. The molecule has 0 saturated carbocycles. The minimum absolute atomic E-state index is 0.0360. The Bertz CT molecular complexity index is 873. The maximum atomic E-state index is 12.4. The van der Waals surface area contributed by atoms with Crippen LogP contribution in [0.5, 0.6) is 5.75 Å². The maximum absolute atomic E-state index is 12.4. The highest BCUT2D eigenvalue weighted by Gasteiger charge is 2.15. The first kappa shape index (κ1) is 18.8. The number of esters is 1. The summed E-state index contributed by atoms with van der Waals surface area (Å²) in [6.07, 6.45) is 2.60. The van der Waals surface area contributed by atoms with Gasteiger partial charge in [-0.2, -0.15) is 5.26 Å². The van der Waals surface area contributed by atoms with Gasteiger partial charge in [0.2, 0.25) is 0 Å². The number of hydrogen-bond acceptors (Lipinski definition) is 3. The lowest BCUT2D eigenvalue weighted by atomic mass is 10.1. The van der Waals surface area contributed by atoms with Crippen LogP contribution in [-0.4, -0.2) is 10.5 Å². The summed E-state index contributed by atoms with van der Waals surface area (Å²) in [4.78, 5) is 12.4. The number of rotatable bonds is 5. The molecule has 130 valence electrons. The molecule has 1 heterocycles. The van der Waals surface area contributed by atoms with Gasteiger partial charge in [0, 0.05) is 23.0 Å². The lowest BCUT2D eigenvalue weighted by Gasteiger charge is -2.08. The standard InChI is InChI=1S/C20H21ClN2O2/c1-5-8-23-14(3)10-16(15(23)4)11-17(12-22)20(24)25-19-7-6-18(21)9-13(19)2/h6-7,9-11H,5,8H2,1-4H3. The second kappa shape index (κ2) is 8.04. The third-order valence-corrected chi connectivity index (χ3v) is 4.27. The van der Waals surface area contributed by atoms with E-state index in [4.69, 9.17) is 16.3 Å². The van der Waals surface area contributed by atoms with Crippen LogP contribution in [-0.2, 0) is 11.3 Å². The average molecular weight is 357 g/mol. The number of halogens is 1. The molecular formula is C20H21ClN2O2. The molecule has 0 amide bonds. The average Bonchev–Trinajstić information content (AvgIpc) is 2.83. The Morgan fingerprint density at radius 3 is 2.64 bits per heavy atom. The van der Waals surface area contributed by atoms with Crippen molar-refractivity contribution in [1.29, 1.82) is 5.26 Å². The Kier molecular flexibility index (Phi) is 6.06. The van der Waals surface area contributed by atoms with Crippen molar-refractivity contribution in [3.63, 3.8) is 0 Å². The number of carbonyl (C=O) groups excluding carboxylic acids is 1. The van der Waals surface area contributed by atoms with E-state index >= 15 is 0 Å². The zero-order valence-electron chi connectivity index (χ0n) is 14.9. The fourth-order valence-electron chi connectivity index (χ4n) is 2.72. The molecule has 0 unspecified atom stereocenters. The van der Waals surface area contributed by atoms with Crippen LogP contribution in [0.4, 0.5) is 0 Å². The molecule has 0 spiro atoms. The summed E-state index contributed by atoms with van der Waals surface area (Å²) in [6.45, 7) is 8.81. The van der Waals surface area contributed by atoms with Crippen molar-refractivity contribution in [2.45, 2.75) is 40.7 Å². The van der Waals surface area contributed by atoms with Crippen molar-refractivity contribution < 1.29 is 9.53 Å². The molecule has 0 atom stereocenters. The van der Waals surface area contributed by atoms with Gasteiger partial charge in [-0.3, -0.25) is 0 Å². The molecule has 0 bridgehead atoms. The zero-order chi connectivity index (χ0) is 18.6. The van der Waals surface area contributed by atoms with Crippen LogP contribution >= 0.6 is 11.6 Å². The van der Waals surface area contributed by atoms with E-state index in [-0.39, 0.29) is 5.57 Å². The molecule has 0 saturated heterocycles. The highest BCUT2D eigenvalue weighted by atomic mass is 35.5. The van der Waals surface area contributed by atoms with Gasteiger partial charge in [-0.05, 0) is 68.7 Å². The summed E-state index contributed by atoms with van der Waals surface area (Å²) >= 11 is 5.90. The first-order valence-corrected chi connectivity index (χ1v) is 8.52.